The molecule has 1 heterocycles. The van der Waals surface area contributed by atoms with Crippen LogP contribution in [0.4, 0.5) is 11.4 Å². The maximum Gasteiger partial charge on any atom is 0.270 e. The van der Waals surface area contributed by atoms with E-state index in [4.69, 9.17) is 0 Å². The van der Waals surface area contributed by atoms with Crippen LogP contribution in [0.15, 0.2) is 42.5 Å². The minimum Gasteiger partial charge on any atom is -0.377 e. The highest BCUT2D eigenvalue weighted by Crippen LogP contribution is 2.25. The maximum atomic E-state index is 13.1. The Morgan fingerprint density at radius 1 is 1.18 bits per heavy atom. The molecule has 28 heavy (non-hydrogen) atoms. The van der Waals surface area contributed by atoms with Gasteiger partial charge in [0.1, 0.15) is 6.54 Å². The minimum atomic E-state index is -0.458. The molecule has 0 unspecified atom stereocenters. The van der Waals surface area contributed by atoms with Crippen molar-refractivity contribution in [2.45, 2.75) is 13.5 Å². The summed E-state index contributed by atoms with van der Waals surface area (Å²) in [4.78, 5) is 28.8. The lowest BCUT2D eigenvalue weighted by Crippen LogP contribution is -3.13. The van der Waals surface area contributed by atoms with Gasteiger partial charge in [-0.2, -0.15) is 0 Å². The molecule has 0 aromatic heterocycles. The molecule has 1 aliphatic heterocycles. The van der Waals surface area contributed by atoms with Crippen molar-refractivity contribution in [1.29, 1.82) is 0 Å². The molecule has 7 heteroatoms. The van der Waals surface area contributed by atoms with Crippen molar-refractivity contribution in [2.75, 3.05) is 45.2 Å². The van der Waals surface area contributed by atoms with Gasteiger partial charge in [-0.25, -0.2) is 0 Å². The van der Waals surface area contributed by atoms with Crippen LogP contribution in [-0.2, 0) is 6.54 Å². The third-order valence-electron chi connectivity index (χ3n) is 5.36. The molecule has 7 nitrogen and oxygen atoms in total. The van der Waals surface area contributed by atoms with Crippen LogP contribution in [-0.4, -0.2) is 56.0 Å². The summed E-state index contributed by atoms with van der Waals surface area (Å²) in [6, 6.07) is 12.9. The number of hydrogen-bond acceptors (Lipinski definition) is 4. The quantitative estimate of drug-likeness (QED) is 0.628. The number of quaternary nitrogens is 1. The highest BCUT2D eigenvalue weighted by atomic mass is 16.6. The molecule has 1 aliphatic rings. The number of benzene rings is 2. The normalized spacial score (nSPS) is 14.8. The average molecular weight is 383 g/mol. The van der Waals surface area contributed by atoms with Crippen LogP contribution in [0.1, 0.15) is 21.5 Å². The lowest BCUT2D eigenvalue weighted by molar-refractivity contribution is -0.917. The van der Waals surface area contributed by atoms with E-state index >= 15 is 0 Å². The lowest BCUT2D eigenvalue weighted by atomic mass is 10.1. The molecule has 2 aromatic rings. The Morgan fingerprint density at radius 3 is 2.46 bits per heavy atom. The molecule has 0 radical (unpaired) electrons. The number of nitro benzene ring substituents is 1. The number of non-ortho nitro benzene ring substituents is 1. The molecule has 0 saturated carbocycles. The Morgan fingerprint density at radius 2 is 1.86 bits per heavy atom. The third-order valence-corrected chi connectivity index (χ3v) is 5.36. The molecular weight excluding hydrogens is 356 g/mol. The zero-order valence-corrected chi connectivity index (χ0v) is 16.6. The number of hydrogen-bond donors (Lipinski definition) is 1. The fourth-order valence-electron chi connectivity index (χ4n) is 3.65. The summed E-state index contributed by atoms with van der Waals surface area (Å²) < 4.78 is 0. The van der Waals surface area contributed by atoms with Crippen molar-refractivity contribution in [3.8, 4) is 0 Å². The molecule has 0 bridgehead atoms. The zero-order chi connectivity index (χ0) is 20.3. The smallest absolute Gasteiger partial charge is 0.270 e. The number of amides is 1. The number of anilines is 1. The number of carbonyl (C=O) groups is 1. The van der Waals surface area contributed by atoms with Gasteiger partial charge in [-0.15, -0.1) is 0 Å². The predicted octanol–water partition coefficient (Wildman–Crippen LogP) is 1.51. The fourth-order valence-corrected chi connectivity index (χ4v) is 3.65. The van der Waals surface area contributed by atoms with E-state index in [1.54, 1.807) is 6.07 Å². The molecule has 1 saturated heterocycles. The average Bonchev–Trinajstić information content (AvgIpc) is 2.69. The summed E-state index contributed by atoms with van der Waals surface area (Å²) in [5, 5.41) is 11.1. The van der Waals surface area contributed by atoms with Gasteiger partial charge in [-0.3, -0.25) is 14.9 Å². The topological polar surface area (TPSA) is 71.1 Å². The van der Waals surface area contributed by atoms with Gasteiger partial charge in [0.25, 0.3) is 11.6 Å². The number of aryl methyl sites for hydroxylation is 1. The summed E-state index contributed by atoms with van der Waals surface area (Å²) >= 11 is 0. The van der Waals surface area contributed by atoms with Crippen LogP contribution in [0.25, 0.3) is 0 Å². The number of nitrogens with one attached hydrogen (secondary N) is 1. The van der Waals surface area contributed by atoms with Gasteiger partial charge in [0.2, 0.25) is 0 Å². The first kappa shape index (κ1) is 19.8. The maximum absolute atomic E-state index is 13.1. The van der Waals surface area contributed by atoms with Crippen LogP contribution >= 0.6 is 0 Å². The summed E-state index contributed by atoms with van der Waals surface area (Å²) in [5.41, 5.74) is 3.66. The van der Waals surface area contributed by atoms with Gasteiger partial charge < -0.3 is 14.7 Å². The van der Waals surface area contributed by atoms with Gasteiger partial charge in [0, 0.05) is 37.5 Å². The van der Waals surface area contributed by atoms with E-state index in [1.807, 2.05) is 30.0 Å². The Hall–Kier alpha value is -2.93. The van der Waals surface area contributed by atoms with Crippen molar-refractivity contribution in [3.63, 3.8) is 0 Å². The number of rotatable bonds is 5. The summed E-state index contributed by atoms with van der Waals surface area (Å²) in [6.45, 7) is 6.11. The second-order valence-corrected chi connectivity index (χ2v) is 7.50. The second kappa shape index (κ2) is 8.39. The molecule has 1 amide bonds. The molecule has 148 valence electrons. The van der Waals surface area contributed by atoms with E-state index in [-0.39, 0.29) is 11.6 Å². The van der Waals surface area contributed by atoms with Crippen LogP contribution < -0.4 is 9.80 Å². The first-order valence-electron chi connectivity index (χ1n) is 9.50. The second-order valence-electron chi connectivity index (χ2n) is 7.50. The van der Waals surface area contributed by atoms with Gasteiger partial charge in [0.15, 0.2) is 0 Å². The van der Waals surface area contributed by atoms with Crippen molar-refractivity contribution in [3.05, 3.63) is 69.3 Å². The Labute approximate surface area is 165 Å². The predicted molar refractivity (Wildman–Crippen MR) is 109 cm³/mol. The molecule has 0 atom stereocenters. The molecule has 1 N–H and O–H groups in total. The first-order chi connectivity index (χ1) is 13.4. The first-order valence-corrected chi connectivity index (χ1v) is 9.50. The van der Waals surface area contributed by atoms with E-state index in [9.17, 15) is 14.9 Å². The van der Waals surface area contributed by atoms with E-state index < -0.39 is 4.92 Å². The monoisotopic (exact) mass is 383 g/mol. The molecule has 0 aliphatic carbocycles. The van der Waals surface area contributed by atoms with Crippen molar-refractivity contribution >= 4 is 17.3 Å². The van der Waals surface area contributed by atoms with E-state index in [2.05, 4.69) is 25.1 Å². The minimum absolute atomic E-state index is 0.0576. The molecule has 0 spiro atoms. The van der Waals surface area contributed by atoms with Crippen molar-refractivity contribution < 1.29 is 14.6 Å². The van der Waals surface area contributed by atoms with Crippen LogP contribution in [0, 0.1) is 17.0 Å². The van der Waals surface area contributed by atoms with Gasteiger partial charge in [-0.1, -0.05) is 24.3 Å². The number of nitro groups is 1. The zero-order valence-electron chi connectivity index (χ0n) is 16.6. The Kier molecular flexibility index (Phi) is 5.94. The Bertz CT molecular complexity index is 874. The third kappa shape index (κ3) is 4.31. The van der Waals surface area contributed by atoms with Crippen LogP contribution in [0.3, 0.4) is 0 Å². The number of piperazine rings is 1. The fraction of sp³-hybridized carbons (Fsp3) is 0.381. The van der Waals surface area contributed by atoms with Crippen molar-refractivity contribution in [1.82, 2.24) is 4.90 Å². The highest BCUT2D eigenvalue weighted by molar-refractivity contribution is 6.00. The lowest BCUT2D eigenvalue weighted by Gasteiger charge is -2.33. The summed E-state index contributed by atoms with van der Waals surface area (Å²) in [5.74, 6) is -0.137. The van der Waals surface area contributed by atoms with Gasteiger partial charge in [-0.05, 0) is 18.6 Å². The van der Waals surface area contributed by atoms with Crippen LogP contribution in [0.5, 0.6) is 0 Å². The van der Waals surface area contributed by atoms with E-state index in [1.165, 1.54) is 28.2 Å². The summed E-state index contributed by atoms with van der Waals surface area (Å²) in [7, 11) is 3.67. The van der Waals surface area contributed by atoms with E-state index in [0.717, 1.165) is 19.6 Å². The molecular formula is C21H27N4O3+. The molecule has 1 fully saturated rings. The standard InChI is InChI=1S/C21H26N4O3/c1-16-6-4-5-7-17(16)15-23-10-12-24(13-11-23)21(26)19-14-18(25(27)28)8-9-20(19)22(2)3/h4-9,14H,10-13,15H2,1-3H3/p+1. The van der Waals surface area contributed by atoms with Crippen molar-refractivity contribution in [2.24, 2.45) is 0 Å². The van der Waals surface area contributed by atoms with Gasteiger partial charge in [0.05, 0.1) is 36.7 Å². The molecule has 2 aromatic carbocycles. The van der Waals surface area contributed by atoms with E-state index in [0.29, 0.717) is 24.3 Å². The molecule has 3 rings (SSSR count). The van der Waals surface area contributed by atoms with Crippen LogP contribution in [0.2, 0.25) is 0 Å². The largest absolute Gasteiger partial charge is 0.377 e. The SMILES string of the molecule is Cc1ccccc1C[NH+]1CCN(C(=O)c2cc([N+](=O)[O-])ccc2N(C)C)CC1. The highest BCUT2D eigenvalue weighted by Gasteiger charge is 2.28. The summed E-state index contributed by atoms with van der Waals surface area (Å²) in [6.07, 6.45) is 0. The number of nitrogens with zero attached hydrogens (tertiary/aromatic N) is 3. The Balaban J connectivity index is 1.70. The number of carbonyl (C=O) groups excluding carboxylic acids is 1. The van der Waals surface area contributed by atoms with Gasteiger partial charge >= 0.3 is 0 Å².